The number of fused-ring (bicyclic) bond motifs is 1. The van der Waals surface area contributed by atoms with Gasteiger partial charge in [-0.1, -0.05) is 18.2 Å². The number of rotatable bonds is 22. The predicted octanol–water partition coefficient (Wildman–Crippen LogP) is 8.28. The molecule has 3 aliphatic heterocycles. The van der Waals surface area contributed by atoms with Gasteiger partial charge in [-0.2, -0.15) is 18.4 Å². The summed E-state index contributed by atoms with van der Waals surface area (Å²) in [5, 5.41) is 18.7. The Morgan fingerprint density at radius 3 is 2.24 bits per heavy atom. The number of anilines is 2. The van der Waals surface area contributed by atoms with Crippen LogP contribution < -0.4 is 30.3 Å². The van der Waals surface area contributed by atoms with Gasteiger partial charge in [0.05, 0.1) is 35.8 Å². The third kappa shape index (κ3) is 16.1. The van der Waals surface area contributed by atoms with Crippen molar-refractivity contribution in [3.63, 3.8) is 0 Å². The van der Waals surface area contributed by atoms with Gasteiger partial charge in [-0.05, 0) is 124 Å². The van der Waals surface area contributed by atoms with Crippen LogP contribution in [-0.2, 0) is 28.8 Å². The number of nitrogens with one attached hydrogen (secondary N) is 4. The molecule has 4 fully saturated rings. The molecule has 4 N–H and O–H groups in total. The number of piperazine rings is 1. The molecule has 9 rings (SSSR count). The molecular weight excluding hydrogens is 1090 g/mol. The molecule has 4 aliphatic rings. The Labute approximate surface area is 495 Å². The second-order valence-electron chi connectivity index (χ2n) is 22.8. The maximum absolute atomic E-state index is 14.0. The van der Waals surface area contributed by atoms with Crippen LogP contribution in [0.4, 0.5) is 24.5 Å². The molecule has 85 heavy (non-hydrogen) atoms. The van der Waals surface area contributed by atoms with Gasteiger partial charge in [0.2, 0.25) is 23.3 Å². The van der Waals surface area contributed by atoms with Crippen molar-refractivity contribution >= 4 is 58.9 Å². The number of carbonyl (C=O) groups is 6. The molecule has 3 saturated heterocycles. The number of aromatic amines is 1. The number of pyridine rings is 1. The zero-order valence-corrected chi connectivity index (χ0v) is 48.8. The number of halogens is 3. The molecule has 2 atom stereocenters. The van der Waals surface area contributed by atoms with E-state index in [1.54, 1.807) is 74.9 Å². The van der Waals surface area contributed by atoms with Gasteiger partial charge < -0.3 is 59.5 Å². The number of piperidine rings is 2. The molecule has 0 spiro atoms. The monoisotopic (exact) mass is 1170 g/mol. The standard InChI is InChI=1S/C42H59N7O7.C22H20F3N3O/c1-43-39-9-8-37(24-38(39)34(29-52)13-21-50)56-22-14-46-41(54)31-3-5-32(6-4-31)42(55)49-19-17-47(18-20-49)27-30-11-15-48(16-12-30)36-23-35(25-45-26-36)33(28-51)7-10-40(53)44-2;1-28-11-9-21(10-12-28,22(23,24)25)29-20-8-3-2-6-16(20)19-13-17-15(14-26)5-4-7-18(17)27-19/h8-9,21,23-26,28-34,43H,3-7,10-20,22,27H2,1-2H3,(H,44,53)(H,46,54);2-8,13,27H,9-12H2,1H3. The molecule has 3 amide bonds. The number of ether oxygens (including phenoxy) is 2. The van der Waals surface area contributed by atoms with E-state index in [-0.39, 0.29) is 67.1 Å². The van der Waals surface area contributed by atoms with Gasteiger partial charge in [0.15, 0.2) is 0 Å². The van der Waals surface area contributed by atoms with E-state index in [0.717, 1.165) is 118 Å². The van der Waals surface area contributed by atoms with Crippen molar-refractivity contribution in [3.8, 4) is 28.8 Å². The van der Waals surface area contributed by atoms with E-state index in [1.165, 1.54) is 0 Å². The van der Waals surface area contributed by atoms with Gasteiger partial charge in [-0.25, -0.2) is 0 Å². The van der Waals surface area contributed by atoms with Crippen LogP contribution in [0.25, 0.3) is 22.2 Å². The van der Waals surface area contributed by atoms with E-state index >= 15 is 0 Å². The minimum atomic E-state index is -4.48. The average molecular weight is 1170 g/mol. The van der Waals surface area contributed by atoms with E-state index in [1.807, 2.05) is 41.2 Å². The summed E-state index contributed by atoms with van der Waals surface area (Å²) >= 11 is 0. The molecule has 454 valence electrons. The van der Waals surface area contributed by atoms with E-state index in [9.17, 15) is 47.2 Å². The van der Waals surface area contributed by atoms with Gasteiger partial charge in [-0.3, -0.25) is 24.3 Å². The summed E-state index contributed by atoms with van der Waals surface area (Å²) < 4.78 is 53.7. The Balaban J connectivity index is 0.000000270. The van der Waals surface area contributed by atoms with Crippen molar-refractivity contribution < 1.29 is 51.4 Å². The highest BCUT2D eigenvalue weighted by atomic mass is 19.4. The number of aromatic nitrogens is 2. The van der Waals surface area contributed by atoms with Crippen molar-refractivity contribution in [2.45, 2.75) is 94.2 Å². The maximum Gasteiger partial charge on any atom is 0.428 e. The first kappa shape index (κ1) is 63.2. The number of likely N-dealkylation sites (tertiary alicyclic amines) is 1. The number of nitrogens with zero attached hydrogens (tertiary/aromatic N) is 6. The molecule has 5 aromatic rings. The molecule has 1 saturated carbocycles. The highest BCUT2D eigenvalue weighted by molar-refractivity contribution is 5.91. The average Bonchev–Trinajstić information content (AvgIpc) is 4.26. The minimum absolute atomic E-state index is 0.0107. The fourth-order valence-corrected chi connectivity index (χ4v) is 12.1. The second kappa shape index (κ2) is 29.8. The fourth-order valence-electron chi connectivity index (χ4n) is 12.1. The molecule has 0 radical (unpaired) electrons. The maximum atomic E-state index is 14.0. The number of H-pyrrole nitrogens is 1. The third-order valence-electron chi connectivity index (χ3n) is 17.4. The number of hydrogen-bond acceptors (Lipinski definition) is 14. The molecule has 2 aromatic heterocycles. The summed E-state index contributed by atoms with van der Waals surface area (Å²) in [4.78, 5) is 88.8. The highest BCUT2D eigenvalue weighted by Crippen LogP contribution is 2.45. The number of hydrogen-bond donors (Lipinski definition) is 4. The smallest absolute Gasteiger partial charge is 0.428 e. The van der Waals surface area contributed by atoms with Crippen molar-refractivity contribution in [2.75, 3.05) is 103 Å². The van der Waals surface area contributed by atoms with Crippen LogP contribution in [0.1, 0.15) is 99.2 Å². The summed E-state index contributed by atoms with van der Waals surface area (Å²) in [6, 6.07) is 23.3. The van der Waals surface area contributed by atoms with Crippen LogP contribution in [-0.4, -0.2) is 166 Å². The first-order valence-corrected chi connectivity index (χ1v) is 29.6. The van der Waals surface area contributed by atoms with E-state index in [0.29, 0.717) is 79.4 Å². The van der Waals surface area contributed by atoms with Gasteiger partial charge in [0, 0.05) is 151 Å². The molecular formula is C64H79F3N10O8. The summed E-state index contributed by atoms with van der Waals surface area (Å²) in [7, 11) is 5.17. The number of benzene rings is 3. The lowest BCUT2D eigenvalue weighted by Crippen LogP contribution is -2.56. The van der Waals surface area contributed by atoms with Gasteiger partial charge in [0.1, 0.15) is 37.0 Å². The minimum Gasteiger partial charge on any atom is -0.492 e. The molecule has 18 nitrogen and oxygen atoms in total. The van der Waals surface area contributed by atoms with Crippen LogP contribution >= 0.6 is 0 Å². The van der Waals surface area contributed by atoms with Crippen LogP contribution in [0.2, 0.25) is 0 Å². The van der Waals surface area contributed by atoms with E-state index in [2.05, 4.69) is 41.8 Å². The zero-order valence-electron chi connectivity index (χ0n) is 48.8. The quantitative estimate of drug-likeness (QED) is 0.0378. The number of aldehydes is 3. The number of amides is 3. The van der Waals surface area contributed by atoms with E-state index < -0.39 is 17.7 Å². The lowest BCUT2D eigenvalue weighted by molar-refractivity contribution is -0.260. The predicted molar refractivity (Wildman–Crippen MR) is 318 cm³/mol. The van der Waals surface area contributed by atoms with Gasteiger partial charge in [-0.15, -0.1) is 0 Å². The van der Waals surface area contributed by atoms with Crippen molar-refractivity contribution in [3.05, 3.63) is 102 Å². The van der Waals surface area contributed by atoms with Crippen LogP contribution in [0.5, 0.6) is 11.5 Å². The molecule has 21 heteroatoms. The highest BCUT2D eigenvalue weighted by Gasteiger charge is 2.58. The Hall–Kier alpha value is -7.83. The van der Waals surface area contributed by atoms with Crippen molar-refractivity contribution in [1.29, 1.82) is 5.26 Å². The molecule has 1 aliphatic carbocycles. The molecule has 0 bridgehead atoms. The normalized spacial score (nSPS) is 19.3. The summed E-state index contributed by atoms with van der Waals surface area (Å²) in [6.45, 7) is 7.34. The largest absolute Gasteiger partial charge is 0.492 e. The first-order valence-electron chi connectivity index (χ1n) is 29.6. The van der Waals surface area contributed by atoms with Crippen molar-refractivity contribution in [1.82, 2.24) is 35.3 Å². The topological polar surface area (TPSA) is 222 Å². The Morgan fingerprint density at radius 1 is 0.847 bits per heavy atom. The zero-order chi connectivity index (χ0) is 60.5. The second-order valence-corrected chi connectivity index (χ2v) is 22.8. The SMILES string of the molecule is CN1CCC(Oc2ccccc2-c2cc3c(C#N)cccc3[nH]2)(C(F)(F)F)CC1.CNC(=O)CCC(C=O)c1cncc(N2CCC(CN3CCN(C(=O)C4CCC(C(=O)NCCOc5ccc(NC)c(C(C=O)CC=O)c5)CC4)CC3)CC2)c1. The number of carbonyl (C=O) groups excluding carboxylic acids is 6. The first-order chi connectivity index (χ1) is 41.1. The van der Waals surface area contributed by atoms with E-state index in [4.69, 9.17) is 9.47 Å². The molecule has 5 heterocycles. The number of para-hydroxylation sites is 1. The Bertz CT molecular complexity index is 3120. The third-order valence-corrected chi connectivity index (χ3v) is 17.4. The van der Waals surface area contributed by atoms with Crippen molar-refractivity contribution in [2.24, 2.45) is 17.8 Å². The number of nitriles is 1. The number of alkyl halides is 3. The molecule has 3 aromatic carbocycles. The summed E-state index contributed by atoms with van der Waals surface area (Å²) in [5.41, 5.74) is 3.51. The Kier molecular flexibility index (Phi) is 22.2. The summed E-state index contributed by atoms with van der Waals surface area (Å²) in [6.07, 6.45) is 7.08. The van der Waals surface area contributed by atoms with Crippen LogP contribution in [0.3, 0.4) is 0 Å². The van der Waals surface area contributed by atoms with Crippen LogP contribution in [0.15, 0.2) is 85.2 Å². The Morgan fingerprint density at radius 2 is 1.56 bits per heavy atom. The lowest BCUT2D eigenvalue weighted by atomic mass is 9.81. The lowest BCUT2D eigenvalue weighted by Gasteiger charge is -2.42. The molecule has 2 unspecified atom stereocenters. The van der Waals surface area contributed by atoms with Crippen LogP contribution in [0, 0.1) is 29.1 Å². The van der Waals surface area contributed by atoms with Gasteiger partial charge >= 0.3 is 6.18 Å². The summed E-state index contributed by atoms with van der Waals surface area (Å²) in [5.74, 6) is 0.402. The fraction of sp³-hybridized carbons (Fsp3) is 0.500. The van der Waals surface area contributed by atoms with Gasteiger partial charge in [0.25, 0.3) is 0 Å².